The highest BCUT2D eigenvalue weighted by Gasteiger charge is 2.20. The van der Waals surface area contributed by atoms with Gasteiger partial charge in [0, 0.05) is 11.8 Å². The molecule has 1 nitrogen and oxygen atoms in total. The Morgan fingerprint density at radius 1 is 0.500 bits per heavy atom. The first kappa shape index (κ1) is 23.2. The molecule has 0 saturated heterocycles. The summed E-state index contributed by atoms with van der Waals surface area (Å²) in [7, 11) is 0. The maximum absolute atomic E-state index is 4.92. The molecule has 1 heterocycles. The van der Waals surface area contributed by atoms with Gasteiger partial charge in [0.2, 0.25) is 0 Å². The molecule has 0 aliphatic rings. The van der Waals surface area contributed by atoms with E-state index in [4.69, 9.17) is 4.98 Å². The van der Waals surface area contributed by atoms with Gasteiger partial charge >= 0.3 is 0 Å². The minimum atomic E-state index is -0.0413. The van der Waals surface area contributed by atoms with Gasteiger partial charge < -0.3 is 0 Å². The van der Waals surface area contributed by atoms with E-state index in [-0.39, 0.29) is 5.41 Å². The average molecular weight is 442 g/mol. The second kappa shape index (κ2) is 10.8. The SMILES string of the molecule is CC(C)(C)c1cnc(C=Cc2ccccc2)c(C=Cc2ccccc2)c1C=Cc1ccccc1. The summed E-state index contributed by atoms with van der Waals surface area (Å²) in [5.74, 6) is 0. The highest BCUT2D eigenvalue weighted by atomic mass is 14.7. The number of hydrogen-bond acceptors (Lipinski definition) is 1. The molecule has 1 aromatic heterocycles. The fraction of sp³-hybridized carbons (Fsp3) is 0.121. The Labute approximate surface area is 203 Å². The minimum Gasteiger partial charge on any atom is -0.256 e. The van der Waals surface area contributed by atoms with E-state index in [1.165, 1.54) is 22.3 Å². The molecule has 0 unspecified atom stereocenters. The maximum Gasteiger partial charge on any atom is 0.0708 e. The smallest absolute Gasteiger partial charge is 0.0708 e. The first-order valence-electron chi connectivity index (χ1n) is 11.7. The molecule has 0 N–H and O–H groups in total. The van der Waals surface area contributed by atoms with Crippen LogP contribution in [0.15, 0.2) is 97.2 Å². The van der Waals surface area contributed by atoms with Crippen molar-refractivity contribution in [1.82, 2.24) is 4.98 Å². The normalized spacial score (nSPS) is 12.2. The summed E-state index contributed by atoms with van der Waals surface area (Å²) in [6.45, 7) is 6.73. The molecule has 0 aliphatic carbocycles. The van der Waals surface area contributed by atoms with E-state index >= 15 is 0 Å². The zero-order chi connectivity index (χ0) is 23.8. The average Bonchev–Trinajstić information content (AvgIpc) is 2.86. The van der Waals surface area contributed by atoms with Crippen LogP contribution in [-0.2, 0) is 5.41 Å². The van der Waals surface area contributed by atoms with Gasteiger partial charge in [0.05, 0.1) is 5.69 Å². The molecule has 0 radical (unpaired) electrons. The van der Waals surface area contributed by atoms with Crippen molar-refractivity contribution in [2.24, 2.45) is 0 Å². The summed E-state index contributed by atoms with van der Waals surface area (Å²) in [6, 6.07) is 31.2. The Kier molecular flexibility index (Phi) is 7.34. The molecule has 0 fully saturated rings. The lowest BCUT2D eigenvalue weighted by molar-refractivity contribution is 0.586. The minimum absolute atomic E-state index is 0.0413. The van der Waals surface area contributed by atoms with Crippen LogP contribution in [0.3, 0.4) is 0 Å². The summed E-state index contributed by atoms with van der Waals surface area (Å²) < 4.78 is 0. The fourth-order valence-electron chi connectivity index (χ4n) is 3.87. The van der Waals surface area contributed by atoms with Crippen LogP contribution >= 0.6 is 0 Å². The predicted molar refractivity (Wildman–Crippen MR) is 149 cm³/mol. The van der Waals surface area contributed by atoms with Crippen molar-refractivity contribution in [2.75, 3.05) is 0 Å². The molecule has 3 aromatic carbocycles. The zero-order valence-electron chi connectivity index (χ0n) is 20.1. The second-order valence-corrected chi connectivity index (χ2v) is 9.37. The van der Waals surface area contributed by atoms with E-state index in [0.29, 0.717) is 0 Å². The van der Waals surface area contributed by atoms with E-state index in [1.54, 1.807) is 0 Å². The molecule has 0 aliphatic heterocycles. The van der Waals surface area contributed by atoms with Crippen molar-refractivity contribution in [3.05, 3.63) is 136 Å². The molecule has 0 atom stereocenters. The predicted octanol–water partition coefficient (Wildman–Crippen LogP) is 8.89. The van der Waals surface area contributed by atoms with E-state index in [0.717, 1.165) is 16.8 Å². The van der Waals surface area contributed by atoms with Crippen LogP contribution in [0.4, 0.5) is 0 Å². The third-order valence-corrected chi connectivity index (χ3v) is 5.71. The summed E-state index contributed by atoms with van der Waals surface area (Å²) in [6.07, 6.45) is 15.1. The number of pyridine rings is 1. The second-order valence-electron chi connectivity index (χ2n) is 9.37. The van der Waals surface area contributed by atoms with Crippen molar-refractivity contribution in [1.29, 1.82) is 0 Å². The largest absolute Gasteiger partial charge is 0.256 e. The Morgan fingerprint density at radius 3 is 1.35 bits per heavy atom. The Balaban J connectivity index is 1.87. The number of nitrogens with zero attached hydrogens (tertiary/aromatic N) is 1. The molecule has 0 bridgehead atoms. The topological polar surface area (TPSA) is 12.9 Å². The van der Waals surface area contributed by atoms with Crippen LogP contribution in [0.2, 0.25) is 0 Å². The summed E-state index contributed by atoms with van der Waals surface area (Å²) in [5, 5.41) is 0. The van der Waals surface area contributed by atoms with Gasteiger partial charge in [-0.05, 0) is 39.3 Å². The molecule has 34 heavy (non-hydrogen) atoms. The lowest BCUT2D eigenvalue weighted by Gasteiger charge is -2.23. The van der Waals surface area contributed by atoms with Gasteiger partial charge in [0.25, 0.3) is 0 Å². The van der Waals surface area contributed by atoms with Crippen molar-refractivity contribution in [3.63, 3.8) is 0 Å². The lowest BCUT2D eigenvalue weighted by Crippen LogP contribution is -2.15. The van der Waals surface area contributed by atoms with E-state index < -0.39 is 0 Å². The first-order valence-corrected chi connectivity index (χ1v) is 11.7. The Morgan fingerprint density at radius 2 is 0.912 bits per heavy atom. The molecule has 0 amide bonds. The van der Waals surface area contributed by atoms with Gasteiger partial charge in [0.1, 0.15) is 0 Å². The third kappa shape index (κ3) is 6.08. The summed E-state index contributed by atoms with van der Waals surface area (Å²) in [4.78, 5) is 4.92. The van der Waals surface area contributed by atoms with Gasteiger partial charge in [-0.25, -0.2) is 0 Å². The van der Waals surface area contributed by atoms with E-state index in [9.17, 15) is 0 Å². The lowest BCUT2D eigenvalue weighted by atomic mass is 9.82. The van der Waals surface area contributed by atoms with Crippen molar-refractivity contribution < 1.29 is 0 Å². The summed E-state index contributed by atoms with van der Waals surface area (Å²) >= 11 is 0. The van der Waals surface area contributed by atoms with Crippen molar-refractivity contribution >= 4 is 36.5 Å². The van der Waals surface area contributed by atoms with Crippen molar-refractivity contribution in [2.45, 2.75) is 26.2 Å². The molecule has 1 heteroatoms. The van der Waals surface area contributed by atoms with E-state index in [1.807, 2.05) is 24.4 Å². The van der Waals surface area contributed by atoms with Gasteiger partial charge in [-0.1, -0.05) is 142 Å². The molecular formula is C33H31N. The number of aromatic nitrogens is 1. The number of rotatable bonds is 6. The Hall–Kier alpha value is -3.97. The highest BCUT2D eigenvalue weighted by molar-refractivity contribution is 5.86. The van der Waals surface area contributed by atoms with Gasteiger partial charge in [-0.3, -0.25) is 4.98 Å². The van der Waals surface area contributed by atoms with Crippen molar-refractivity contribution in [3.8, 4) is 0 Å². The van der Waals surface area contributed by atoms with Crippen LogP contribution < -0.4 is 0 Å². The van der Waals surface area contributed by atoms with Crippen LogP contribution in [0.25, 0.3) is 36.5 Å². The van der Waals surface area contributed by atoms with Gasteiger partial charge in [-0.15, -0.1) is 0 Å². The van der Waals surface area contributed by atoms with Gasteiger partial charge in [-0.2, -0.15) is 0 Å². The molecule has 4 rings (SSSR count). The molecule has 4 aromatic rings. The maximum atomic E-state index is 4.92. The standard InChI is InChI=1S/C33H31N/c1-33(2,3)31-25-34-32(24-21-28-17-11-6-12-18-28)30(23-20-27-15-9-5-10-16-27)29(31)22-19-26-13-7-4-8-14-26/h4-25H,1-3H3. The first-order chi connectivity index (χ1) is 16.5. The number of hydrogen-bond donors (Lipinski definition) is 0. The number of benzene rings is 3. The quantitative estimate of drug-likeness (QED) is 0.291. The van der Waals surface area contributed by atoms with Crippen LogP contribution in [0, 0.1) is 0 Å². The summed E-state index contributed by atoms with van der Waals surface area (Å²) in [5.41, 5.74) is 7.96. The highest BCUT2D eigenvalue weighted by Crippen LogP contribution is 2.32. The fourth-order valence-corrected chi connectivity index (χ4v) is 3.87. The van der Waals surface area contributed by atoms with Crippen LogP contribution in [-0.4, -0.2) is 4.98 Å². The Bertz CT molecular complexity index is 1290. The molecule has 0 spiro atoms. The van der Waals surface area contributed by atoms with Gasteiger partial charge in [0.15, 0.2) is 0 Å². The molecule has 0 saturated carbocycles. The molecular weight excluding hydrogens is 410 g/mol. The van der Waals surface area contributed by atoms with E-state index in [2.05, 4.69) is 130 Å². The zero-order valence-corrected chi connectivity index (χ0v) is 20.1. The monoisotopic (exact) mass is 441 g/mol. The molecule has 168 valence electrons. The van der Waals surface area contributed by atoms with Crippen LogP contribution in [0.5, 0.6) is 0 Å². The van der Waals surface area contributed by atoms with Crippen LogP contribution in [0.1, 0.15) is 59.8 Å². The third-order valence-electron chi connectivity index (χ3n) is 5.71.